The van der Waals surface area contributed by atoms with Crippen molar-refractivity contribution in [2.24, 2.45) is 0 Å². The maximum absolute atomic E-state index is 12.2. The van der Waals surface area contributed by atoms with E-state index in [4.69, 9.17) is 5.11 Å². The van der Waals surface area contributed by atoms with Crippen molar-refractivity contribution in [3.8, 4) is 0 Å². The van der Waals surface area contributed by atoms with Crippen LogP contribution in [0.1, 0.15) is 20.8 Å². The van der Waals surface area contributed by atoms with Crippen molar-refractivity contribution in [2.75, 3.05) is 6.54 Å². The number of carboxylic acids is 1. The molecule has 0 saturated heterocycles. The zero-order valence-electron chi connectivity index (χ0n) is 8.87. The van der Waals surface area contributed by atoms with Crippen LogP contribution >= 0.6 is 0 Å². The average Bonchev–Trinajstić information content (AvgIpc) is 1.95. The molecule has 0 spiro atoms. The highest BCUT2D eigenvalue weighted by molar-refractivity contribution is 7.90. The summed E-state index contributed by atoms with van der Waals surface area (Å²) in [6.07, 6.45) is 0. The van der Waals surface area contributed by atoms with Gasteiger partial charge < -0.3 is 5.11 Å². The van der Waals surface area contributed by atoms with E-state index in [0.29, 0.717) is 0 Å². The lowest BCUT2D eigenvalue weighted by Gasteiger charge is -2.33. The number of carbonyl (C=O) groups is 1. The third kappa shape index (κ3) is 3.34. The second kappa shape index (κ2) is 4.21. The Morgan fingerprint density at radius 1 is 1.25 bits per heavy atom. The number of aliphatic carboxylic acids is 1. The molecule has 0 saturated carbocycles. The van der Waals surface area contributed by atoms with Gasteiger partial charge in [0.25, 0.3) is 0 Å². The number of hydrogen-bond acceptors (Lipinski definition) is 3. The standard InChI is InChI=1S/C7H12F3NO4S/c1-6(2,3)11(4-5(12)13)16(14,15)7(8,9)10/h4H2,1-3H3,(H,12,13). The summed E-state index contributed by atoms with van der Waals surface area (Å²) in [7, 11) is -5.64. The van der Waals surface area contributed by atoms with Crippen LogP contribution < -0.4 is 0 Å². The van der Waals surface area contributed by atoms with E-state index in [0.717, 1.165) is 0 Å². The Labute approximate surface area is 90.9 Å². The smallest absolute Gasteiger partial charge is 0.480 e. The molecular formula is C7H12F3NO4S. The summed E-state index contributed by atoms with van der Waals surface area (Å²) in [5, 5.41) is 8.40. The lowest BCUT2D eigenvalue weighted by atomic mass is 10.1. The Bertz CT molecular complexity index is 368. The fourth-order valence-electron chi connectivity index (χ4n) is 0.930. The second-order valence-electron chi connectivity index (χ2n) is 4.02. The van der Waals surface area contributed by atoms with E-state index in [1.54, 1.807) is 0 Å². The molecule has 0 unspecified atom stereocenters. The molecule has 0 aromatic rings. The van der Waals surface area contributed by atoms with Gasteiger partial charge in [-0.05, 0) is 20.8 Å². The fourth-order valence-corrected chi connectivity index (χ4v) is 2.18. The van der Waals surface area contributed by atoms with Crippen molar-refractivity contribution in [1.29, 1.82) is 0 Å². The molecule has 0 heterocycles. The van der Waals surface area contributed by atoms with Crippen LogP contribution in [0.15, 0.2) is 0 Å². The van der Waals surface area contributed by atoms with Crippen LogP contribution in [-0.4, -0.2) is 41.4 Å². The average molecular weight is 263 g/mol. The number of alkyl halides is 3. The first-order valence-electron chi connectivity index (χ1n) is 4.11. The van der Waals surface area contributed by atoms with Gasteiger partial charge in [0.05, 0.1) is 0 Å². The van der Waals surface area contributed by atoms with Crippen molar-refractivity contribution in [3.63, 3.8) is 0 Å². The van der Waals surface area contributed by atoms with E-state index in [-0.39, 0.29) is 4.31 Å². The number of nitrogens with zero attached hydrogens (tertiary/aromatic N) is 1. The van der Waals surface area contributed by atoms with Gasteiger partial charge in [0, 0.05) is 5.54 Å². The van der Waals surface area contributed by atoms with E-state index in [1.165, 1.54) is 20.8 Å². The predicted octanol–water partition coefficient (Wildman–Crippen LogP) is 1.02. The van der Waals surface area contributed by atoms with Crippen LogP contribution in [0.2, 0.25) is 0 Å². The molecular weight excluding hydrogens is 251 g/mol. The molecule has 0 rings (SSSR count). The van der Waals surface area contributed by atoms with E-state index in [2.05, 4.69) is 0 Å². The summed E-state index contributed by atoms with van der Waals surface area (Å²) in [5.74, 6) is -1.65. The summed E-state index contributed by atoms with van der Waals surface area (Å²) < 4.78 is 58.8. The third-order valence-electron chi connectivity index (χ3n) is 1.61. The highest BCUT2D eigenvalue weighted by Crippen LogP contribution is 2.31. The summed E-state index contributed by atoms with van der Waals surface area (Å²) in [4.78, 5) is 10.4. The number of hydrogen-bond donors (Lipinski definition) is 1. The highest BCUT2D eigenvalue weighted by Gasteiger charge is 2.53. The predicted molar refractivity (Wildman–Crippen MR) is 49.1 cm³/mol. The Hall–Kier alpha value is -0.830. The van der Waals surface area contributed by atoms with E-state index in [1.807, 2.05) is 0 Å². The van der Waals surface area contributed by atoms with Crippen molar-refractivity contribution in [1.82, 2.24) is 4.31 Å². The lowest BCUT2D eigenvalue weighted by molar-refractivity contribution is -0.138. The fraction of sp³-hybridized carbons (Fsp3) is 0.857. The topological polar surface area (TPSA) is 74.7 Å². The molecule has 9 heteroatoms. The number of sulfonamides is 1. The molecule has 0 amide bonds. The van der Waals surface area contributed by atoms with E-state index in [9.17, 15) is 26.4 Å². The van der Waals surface area contributed by atoms with E-state index < -0.39 is 33.6 Å². The minimum atomic E-state index is -5.64. The SMILES string of the molecule is CC(C)(C)N(CC(=O)O)S(=O)(=O)C(F)(F)F. The molecule has 0 atom stereocenters. The molecule has 0 aromatic carbocycles. The molecule has 0 aliphatic carbocycles. The maximum atomic E-state index is 12.2. The third-order valence-corrected chi connectivity index (χ3v) is 3.45. The monoisotopic (exact) mass is 263 g/mol. The molecule has 96 valence electrons. The van der Waals surface area contributed by atoms with Gasteiger partial charge >= 0.3 is 21.5 Å². The maximum Gasteiger partial charge on any atom is 0.511 e. The van der Waals surface area contributed by atoms with Gasteiger partial charge in [0.1, 0.15) is 6.54 Å². The highest BCUT2D eigenvalue weighted by atomic mass is 32.2. The zero-order chi connectivity index (χ0) is 13.4. The molecule has 0 aliphatic heterocycles. The molecule has 5 nitrogen and oxygen atoms in total. The molecule has 0 fully saturated rings. The van der Waals surface area contributed by atoms with Crippen LogP contribution in [0.4, 0.5) is 13.2 Å². The summed E-state index contributed by atoms with van der Waals surface area (Å²) in [6, 6.07) is 0. The number of carboxylic acid groups (broad SMARTS) is 1. The first kappa shape index (κ1) is 15.2. The molecule has 1 N–H and O–H groups in total. The van der Waals surface area contributed by atoms with Gasteiger partial charge in [0.2, 0.25) is 0 Å². The second-order valence-corrected chi connectivity index (χ2v) is 5.88. The Balaban J connectivity index is 5.47. The van der Waals surface area contributed by atoms with E-state index >= 15 is 0 Å². The molecule has 0 aromatic heterocycles. The van der Waals surface area contributed by atoms with Crippen molar-refractivity contribution >= 4 is 16.0 Å². The zero-order valence-corrected chi connectivity index (χ0v) is 9.68. The number of rotatable bonds is 3. The Morgan fingerprint density at radius 2 is 1.62 bits per heavy atom. The van der Waals surface area contributed by atoms with Gasteiger partial charge in [-0.2, -0.15) is 17.5 Å². The normalized spacial score (nSPS) is 14.2. The molecule has 0 bridgehead atoms. The van der Waals surface area contributed by atoms with Gasteiger partial charge in [-0.3, -0.25) is 4.79 Å². The van der Waals surface area contributed by atoms with Gasteiger partial charge in [-0.1, -0.05) is 0 Å². The van der Waals surface area contributed by atoms with Gasteiger partial charge in [-0.15, -0.1) is 0 Å². The van der Waals surface area contributed by atoms with Crippen LogP contribution in [0.5, 0.6) is 0 Å². The van der Waals surface area contributed by atoms with Crippen LogP contribution in [0.25, 0.3) is 0 Å². The van der Waals surface area contributed by atoms with Crippen molar-refractivity contribution < 1.29 is 31.5 Å². The Kier molecular flexibility index (Phi) is 3.99. The van der Waals surface area contributed by atoms with Crippen molar-refractivity contribution in [2.45, 2.75) is 31.8 Å². The van der Waals surface area contributed by atoms with Gasteiger partial charge in [0.15, 0.2) is 0 Å². The largest absolute Gasteiger partial charge is 0.511 e. The molecule has 16 heavy (non-hydrogen) atoms. The summed E-state index contributed by atoms with van der Waals surface area (Å²) in [5.41, 5.74) is -6.97. The Morgan fingerprint density at radius 3 is 1.81 bits per heavy atom. The van der Waals surface area contributed by atoms with Gasteiger partial charge in [-0.25, -0.2) is 8.42 Å². The quantitative estimate of drug-likeness (QED) is 0.825. The molecule has 0 radical (unpaired) electrons. The van der Waals surface area contributed by atoms with Crippen LogP contribution in [-0.2, 0) is 14.8 Å². The molecule has 0 aliphatic rings. The minimum Gasteiger partial charge on any atom is -0.480 e. The van der Waals surface area contributed by atoms with Crippen molar-refractivity contribution in [3.05, 3.63) is 0 Å². The van der Waals surface area contributed by atoms with Crippen LogP contribution in [0.3, 0.4) is 0 Å². The summed E-state index contributed by atoms with van der Waals surface area (Å²) in [6.45, 7) is 2.31. The van der Waals surface area contributed by atoms with Crippen LogP contribution in [0, 0.1) is 0 Å². The minimum absolute atomic E-state index is 0.0949. The number of halogens is 3. The first-order valence-corrected chi connectivity index (χ1v) is 5.55. The lowest BCUT2D eigenvalue weighted by Crippen LogP contribution is -2.52. The summed E-state index contributed by atoms with van der Waals surface area (Å²) >= 11 is 0. The first-order chi connectivity index (χ1) is 6.80.